The average Bonchev–Trinajstić information content (AvgIpc) is 2.56. The fourth-order valence-electron chi connectivity index (χ4n) is 2.39. The molecule has 23 heavy (non-hydrogen) atoms. The molecule has 8 heteroatoms. The van der Waals surface area contributed by atoms with E-state index in [4.69, 9.17) is 19.3 Å². The van der Waals surface area contributed by atoms with Gasteiger partial charge < -0.3 is 39.7 Å². The monoisotopic (exact) mass is 330 g/mol. The lowest BCUT2D eigenvalue weighted by atomic mass is 9.99. The molecule has 1 aromatic carbocycles. The molecular weight excluding hydrogens is 308 g/mol. The molecule has 1 saturated heterocycles. The van der Waals surface area contributed by atoms with Gasteiger partial charge in [-0.3, -0.25) is 0 Å². The van der Waals surface area contributed by atoms with E-state index >= 15 is 0 Å². The number of rotatable bonds is 6. The molecule has 1 fully saturated rings. The molecule has 0 aromatic heterocycles. The van der Waals surface area contributed by atoms with E-state index in [1.165, 1.54) is 7.11 Å². The molecule has 0 aliphatic carbocycles. The van der Waals surface area contributed by atoms with Crippen molar-refractivity contribution >= 4 is 0 Å². The Kier molecular flexibility index (Phi) is 6.17. The zero-order valence-corrected chi connectivity index (χ0v) is 12.7. The number of hydrogen-bond donors (Lipinski definition) is 5. The predicted octanol–water partition coefficient (Wildman–Crippen LogP) is -1.59. The van der Waals surface area contributed by atoms with Crippen molar-refractivity contribution in [2.45, 2.75) is 37.1 Å². The Hall–Kier alpha value is -1.42. The lowest BCUT2D eigenvalue weighted by Gasteiger charge is -2.39. The van der Waals surface area contributed by atoms with Gasteiger partial charge in [-0.2, -0.15) is 0 Å². The van der Waals surface area contributed by atoms with Gasteiger partial charge in [-0.1, -0.05) is 6.07 Å². The molecule has 0 spiro atoms. The van der Waals surface area contributed by atoms with E-state index in [2.05, 4.69) is 0 Å². The van der Waals surface area contributed by atoms with Crippen molar-refractivity contribution in [3.05, 3.63) is 23.8 Å². The highest BCUT2D eigenvalue weighted by atomic mass is 16.7. The molecule has 5 atom stereocenters. The highest BCUT2D eigenvalue weighted by Crippen LogP contribution is 2.32. The van der Waals surface area contributed by atoms with Crippen molar-refractivity contribution in [3.63, 3.8) is 0 Å². The largest absolute Gasteiger partial charge is 0.493 e. The summed E-state index contributed by atoms with van der Waals surface area (Å²) < 4.78 is 16.0. The summed E-state index contributed by atoms with van der Waals surface area (Å²) in [5.74, 6) is 0.631. The smallest absolute Gasteiger partial charge is 0.229 e. The van der Waals surface area contributed by atoms with Crippen LogP contribution in [0.15, 0.2) is 18.2 Å². The molecule has 1 aromatic rings. The summed E-state index contributed by atoms with van der Waals surface area (Å²) in [4.78, 5) is 0. The molecule has 5 N–H and O–H groups in total. The van der Waals surface area contributed by atoms with Gasteiger partial charge in [-0.15, -0.1) is 0 Å². The Labute approximate surface area is 133 Å². The first-order chi connectivity index (χ1) is 11.0. The molecule has 0 bridgehead atoms. The maximum Gasteiger partial charge on any atom is 0.229 e. The Morgan fingerprint density at radius 1 is 1.04 bits per heavy atom. The number of benzene rings is 1. The normalized spacial score (nSPS) is 31.0. The van der Waals surface area contributed by atoms with Crippen molar-refractivity contribution in [2.24, 2.45) is 0 Å². The third-order valence-corrected chi connectivity index (χ3v) is 3.72. The van der Waals surface area contributed by atoms with Crippen molar-refractivity contribution in [1.82, 2.24) is 0 Å². The minimum atomic E-state index is -1.52. The van der Waals surface area contributed by atoms with Gasteiger partial charge in [-0.25, -0.2) is 0 Å². The Morgan fingerprint density at radius 2 is 1.78 bits per heavy atom. The van der Waals surface area contributed by atoms with E-state index in [-0.39, 0.29) is 12.4 Å². The van der Waals surface area contributed by atoms with Crippen molar-refractivity contribution in [3.8, 4) is 11.5 Å². The zero-order valence-electron chi connectivity index (χ0n) is 12.7. The maximum atomic E-state index is 10.00. The number of hydrogen-bond acceptors (Lipinski definition) is 8. The predicted molar refractivity (Wildman–Crippen MR) is 78.2 cm³/mol. The topological polar surface area (TPSA) is 129 Å². The van der Waals surface area contributed by atoms with Crippen molar-refractivity contribution in [2.75, 3.05) is 20.3 Å². The minimum absolute atomic E-state index is 0.0359. The van der Waals surface area contributed by atoms with Crippen LogP contribution >= 0.6 is 0 Å². The molecule has 1 aliphatic rings. The number of aliphatic hydroxyl groups is 5. The summed E-state index contributed by atoms with van der Waals surface area (Å²) in [7, 11) is 1.45. The second kappa shape index (κ2) is 7.91. The molecule has 0 unspecified atom stereocenters. The summed E-state index contributed by atoms with van der Waals surface area (Å²) in [6.07, 6.45) is -6.39. The second-order valence-corrected chi connectivity index (χ2v) is 5.27. The van der Waals surface area contributed by atoms with E-state index in [0.29, 0.717) is 12.2 Å². The van der Waals surface area contributed by atoms with E-state index in [1.54, 1.807) is 18.2 Å². The second-order valence-electron chi connectivity index (χ2n) is 5.27. The molecule has 0 amide bonds. The highest BCUT2D eigenvalue weighted by molar-refractivity contribution is 5.43. The molecule has 2 rings (SSSR count). The van der Waals surface area contributed by atoms with Crippen LogP contribution in [0.25, 0.3) is 0 Å². The van der Waals surface area contributed by atoms with Gasteiger partial charge in [0.15, 0.2) is 11.5 Å². The Bertz CT molecular complexity index is 506. The summed E-state index contributed by atoms with van der Waals surface area (Å²) in [5.41, 5.74) is 0.785. The first-order valence-corrected chi connectivity index (χ1v) is 7.26. The van der Waals surface area contributed by atoms with Crippen LogP contribution in [0.5, 0.6) is 11.5 Å². The standard InChI is InChI=1S/C15H22O8/c1-21-9-3-2-8(4-5-16)6-10(9)22-15-14(20)13(19)12(18)11(7-17)23-15/h2-3,6,11-20H,4-5,7H2,1H3/t11-,12+,13-,14-,15+/m1/s1. The van der Waals surface area contributed by atoms with Crippen LogP contribution in [-0.4, -0.2) is 76.6 Å². The molecule has 1 heterocycles. The fraction of sp³-hybridized carbons (Fsp3) is 0.600. The zero-order chi connectivity index (χ0) is 17.0. The molecule has 130 valence electrons. The fourth-order valence-corrected chi connectivity index (χ4v) is 2.39. The van der Waals surface area contributed by atoms with Gasteiger partial charge in [-0.05, 0) is 24.1 Å². The highest BCUT2D eigenvalue weighted by Gasteiger charge is 2.44. The van der Waals surface area contributed by atoms with Gasteiger partial charge in [0.05, 0.1) is 13.7 Å². The van der Waals surface area contributed by atoms with Crippen molar-refractivity contribution in [1.29, 1.82) is 0 Å². The van der Waals surface area contributed by atoms with Gasteiger partial charge >= 0.3 is 0 Å². The quantitative estimate of drug-likeness (QED) is 0.422. The number of aliphatic hydroxyl groups excluding tert-OH is 5. The van der Waals surface area contributed by atoms with Gasteiger partial charge in [0, 0.05) is 6.61 Å². The first-order valence-electron chi connectivity index (χ1n) is 7.26. The van der Waals surface area contributed by atoms with Gasteiger partial charge in [0.2, 0.25) is 6.29 Å². The van der Waals surface area contributed by atoms with E-state index in [1.807, 2.05) is 0 Å². The molecule has 0 radical (unpaired) electrons. The van der Waals surface area contributed by atoms with Crippen molar-refractivity contribution < 1.29 is 39.7 Å². The lowest BCUT2D eigenvalue weighted by Crippen LogP contribution is -2.60. The maximum absolute atomic E-state index is 10.00. The third-order valence-electron chi connectivity index (χ3n) is 3.72. The van der Waals surface area contributed by atoms with Crippen LogP contribution in [0.1, 0.15) is 5.56 Å². The van der Waals surface area contributed by atoms with E-state index < -0.39 is 37.3 Å². The number of ether oxygens (including phenoxy) is 3. The molecule has 1 aliphatic heterocycles. The van der Waals surface area contributed by atoms with Crippen LogP contribution in [-0.2, 0) is 11.2 Å². The summed E-state index contributed by atoms with van der Waals surface area (Å²) in [6, 6.07) is 5.02. The van der Waals surface area contributed by atoms with E-state index in [0.717, 1.165) is 5.56 Å². The molecular formula is C15H22O8. The lowest BCUT2D eigenvalue weighted by molar-refractivity contribution is -0.277. The first kappa shape index (κ1) is 17.9. The molecule has 0 saturated carbocycles. The minimum Gasteiger partial charge on any atom is -0.493 e. The van der Waals surface area contributed by atoms with Crippen LogP contribution in [0.2, 0.25) is 0 Å². The summed E-state index contributed by atoms with van der Waals surface area (Å²) in [5, 5.41) is 47.7. The summed E-state index contributed by atoms with van der Waals surface area (Å²) in [6.45, 7) is -0.571. The third kappa shape index (κ3) is 3.92. The average molecular weight is 330 g/mol. The molecule has 8 nitrogen and oxygen atoms in total. The Balaban J connectivity index is 2.21. The van der Waals surface area contributed by atoms with E-state index in [9.17, 15) is 20.4 Å². The van der Waals surface area contributed by atoms with Crippen LogP contribution in [0.3, 0.4) is 0 Å². The SMILES string of the molecule is COc1ccc(CCO)cc1O[C@H]1O[C@H](CO)[C@H](O)[C@@H](O)[C@H]1O. The van der Waals surface area contributed by atoms with Crippen LogP contribution in [0, 0.1) is 0 Å². The van der Waals surface area contributed by atoms with Gasteiger partial charge in [0.1, 0.15) is 24.4 Å². The van der Waals surface area contributed by atoms with Crippen LogP contribution < -0.4 is 9.47 Å². The van der Waals surface area contributed by atoms with Crippen LogP contribution in [0.4, 0.5) is 0 Å². The Morgan fingerprint density at radius 3 is 2.39 bits per heavy atom. The van der Waals surface area contributed by atoms with Gasteiger partial charge in [0.25, 0.3) is 0 Å². The number of methoxy groups -OCH3 is 1. The summed E-state index contributed by atoms with van der Waals surface area (Å²) >= 11 is 0.